The van der Waals surface area contributed by atoms with Crippen LogP contribution in [-0.2, 0) is 14.8 Å². The van der Waals surface area contributed by atoms with E-state index < -0.39 is 34.0 Å². The minimum absolute atomic E-state index is 0.0207. The first-order valence-electron chi connectivity index (χ1n) is 10.7. The summed E-state index contributed by atoms with van der Waals surface area (Å²) < 4.78 is 46.6. The van der Waals surface area contributed by atoms with Gasteiger partial charge in [0.2, 0.25) is 10.0 Å². The minimum atomic E-state index is -3.79. The molecule has 0 aliphatic heterocycles. The molecule has 2 amide bonds. The molecule has 0 fully saturated rings. The lowest BCUT2D eigenvalue weighted by molar-refractivity contribution is 0.0305. The number of para-hydroxylation sites is 1. The summed E-state index contributed by atoms with van der Waals surface area (Å²) in [5.74, 6) is -0.905. The van der Waals surface area contributed by atoms with Gasteiger partial charge < -0.3 is 20.1 Å². The number of carbonyl (C=O) groups excluding carboxylic acids is 1. The first kappa shape index (κ1) is 28.0. The number of anilines is 1. The average molecular weight is 516 g/mol. The number of hydrogen-bond acceptors (Lipinski definition) is 5. The second kappa shape index (κ2) is 12.5. The molecule has 2 rings (SSSR count). The molecule has 3 atom stereocenters. The number of sulfonamides is 1. The summed E-state index contributed by atoms with van der Waals surface area (Å²) in [4.78, 5) is 14.4. The largest absolute Gasteiger partial charge is 0.394 e. The van der Waals surface area contributed by atoms with Crippen molar-refractivity contribution in [3.8, 4) is 0 Å². The molecule has 0 saturated heterocycles. The number of aliphatic hydroxyl groups excluding tert-OH is 1. The molecule has 2 aromatic rings. The van der Waals surface area contributed by atoms with E-state index in [4.69, 9.17) is 16.3 Å². The number of ether oxygens (including phenoxy) is 1. The SMILES string of the molecule is CO[C@@H](CN(C)S(=O)(=O)c1ccc(Cl)cc1)[C@@H](C)CN(C(=O)Nc1ccccc1F)[C@@H](C)CO. The van der Waals surface area contributed by atoms with Gasteiger partial charge in [-0.05, 0) is 43.3 Å². The number of urea groups is 1. The number of benzene rings is 2. The second-order valence-electron chi connectivity index (χ2n) is 8.08. The molecule has 0 radical (unpaired) electrons. The van der Waals surface area contributed by atoms with Gasteiger partial charge >= 0.3 is 6.03 Å². The Balaban J connectivity index is 2.14. The summed E-state index contributed by atoms with van der Waals surface area (Å²) in [6.07, 6.45) is -0.568. The van der Waals surface area contributed by atoms with Gasteiger partial charge in [0.05, 0.1) is 29.3 Å². The number of carbonyl (C=O) groups is 1. The molecule has 0 saturated carbocycles. The van der Waals surface area contributed by atoms with E-state index in [-0.39, 0.29) is 36.2 Å². The Bertz CT molecular complexity index is 1050. The predicted octanol–water partition coefficient (Wildman–Crippen LogP) is 3.67. The van der Waals surface area contributed by atoms with Crippen molar-refractivity contribution in [2.24, 2.45) is 5.92 Å². The van der Waals surface area contributed by atoms with E-state index in [9.17, 15) is 22.7 Å². The van der Waals surface area contributed by atoms with E-state index in [1.54, 1.807) is 13.0 Å². The van der Waals surface area contributed by atoms with E-state index >= 15 is 0 Å². The van der Waals surface area contributed by atoms with E-state index in [1.165, 1.54) is 65.8 Å². The zero-order valence-corrected chi connectivity index (χ0v) is 21.2. The molecule has 2 N–H and O–H groups in total. The number of rotatable bonds is 11. The van der Waals surface area contributed by atoms with Gasteiger partial charge in [-0.1, -0.05) is 30.7 Å². The number of nitrogens with zero attached hydrogens (tertiary/aromatic N) is 2. The number of methoxy groups -OCH3 is 1. The van der Waals surface area contributed by atoms with Gasteiger partial charge in [0.15, 0.2) is 0 Å². The minimum Gasteiger partial charge on any atom is -0.394 e. The van der Waals surface area contributed by atoms with E-state index in [0.29, 0.717) is 5.02 Å². The fourth-order valence-corrected chi connectivity index (χ4v) is 4.67. The molecule has 0 aromatic heterocycles. The summed E-state index contributed by atoms with van der Waals surface area (Å²) in [5, 5.41) is 12.6. The fraction of sp³-hybridized carbons (Fsp3) is 0.435. The molecular formula is C23H31ClFN3O5S. The van der Waals surface area contributed by atoms with Crippen LogP contribution >= 0.6 is 11.6 Å². The molecule has 8 nitrogen and oxygen atoms in total. The van der Waals surface area contributed by atoms with Crippen LogP contribution in [0.15, 0.2) is 53.4 Å². The molecule has 0 bridgehead atoms. The molecule has 0 spiro atoms. The van der Waals surface area contributed by atoms with Crippen molar-refractivity contribution >= 4 is 33.3 Å². The zero-order valence-electron chi connectivity index (χ0n) is 19.6. The maximum Gasteiger partial charge on any atom is 0.322 e. The number of nitrogens with one attached hydrogen (secondary N) is 1. The molecule has 0 aliphatic carbocycles. The van der Waals surface area contributed by atoms with E-state index in [0.717, 1.165) is 0 Å². The summed E-state index contributed by atoms with van der Waals surface area (Å²) in [7, 11) is -0.878. The molecule has 11 heteroatoms. The molecule has 2 aromatic carbocycles. The van der Waals surface area contributed by atoms with Crippen LogP contribution in [0.3, 0.4) is 0 Å². The Morgan fingerprint density at radius 2 is 1.76 bits per heavy atom. The maximum absolute atomic E-state index is 14.0. The van der Waals surface area contributed by atoms with Crippen molar-refractivity contribution in [1.82, 2.24) is 9.21 Å². The number of amides is 2. The summed E-state index contributed by atoms with van der Waals surface area (Å²) >= 11 is 5.86. The zero-order chi connectivity index (χ0) is 25.5. The molecule has 188 valence electrons. The quantitative estimate of drug-likeness (QED) is 0.476. The Morgan fingerprint density at radius 1 is 1.15 bits per heavy atom. The highest BCUT2D eigenvalue weighted by Gasteiger charge is 2.30. The van der Waals surface area contributed by atoms with Gasteiger partial charge in [-0.25, -0.2) is 17.6 Å². The highest BCUT2D eigenvalue weighted by atomic mass is 35.5. The third-order valence-electron chi connectivity index (χ3n) is 5.55. The Kier molecular flexibility index (Phi) is 10.3. The number of halogens is 2. The lowest BCUT2D eigenvalue weighted by Crippen LogP contribution is -2.49. The number of hydrogen-bond donors (Lipinski definition) is 2. The molecule has 0 aliphatic rings. The third-order valence-corrected chi connectivity index (χ3v) is 7.64. The Labute approximate surface area is 205 Å². The van der Waals surface area contributed by atoms with Crippen LogP contribution in [0.25, 0.3) is 0 Å². The highest BCUT2D eigenvalue weighted by molar-refractivity contribution is 7.89. The smallest absolute Gasteiger partial charge is 0.322 e. The van der Waals surface area contributed by atoms with Crippen molar-refractivity contribution in [2.45, 2.75) is 30.9 Å². The topological polar surface area (TPSA) is 99.2 Å². The van der Waals surface area contributed by atoms with Gasteiger partial charge in [-0.3, -0.25) is 0 Å². The van der Waals surface area contributed by atoms with Gasteiger partial charge in [0.1, 0.15) is 5.82 Å². The molecule has 0 heterocycles. The van der Waals surface area contributed by atoms with Crippen LogP contribution < -0.4 is 5.32 Å². The van der Waals surface area contributed by atoms with Gasteiger partial charge in [-0.2, -0.15) is 4.31 Å². The maximum atomic E-state index is 14.0. The third kappa shape index (κ3) is 7.13. The van der Waals surface area contributed by atoms with Crippen LogP contribution in [0, 0.1) is 11.7 Å². The summed E-state index contributed by atoms with van der Waals surface area (Å²) in [5.41, 5.74) is 0.0207. The van der Waals surface area contributed by atoms with Crippen LogP contribution in [0.2, 0.25) is 5.02 Å². The molecular weight excluding hydrogens is 485 g/mol. The van der Waals surface area contributed by atoms with Gasteiger partial charge in [0, 0.05) is 38.2 Å². The lowest BCUT2D eigenvalue weighted by Gasteiger charge is -2.34. The van der Waals surface area contributed by atoms with Crippen molar-refractivity contribution in [1.29, 1.82) is 0 Å². The first-order valence-corrected chi connectivity index (χ1v) is 12.5. The van der Waals surface area contributed by atoms with Crippen LogP contribution in [-0.4, -0.2) is 74.8 Å². The Hall–Kier alpha value is -2.24. The highest BCUT2D eigenvalue weighted by Crippen LogP contribution is 2.21. The monoisotopic (exact) mass is 515 g/mol. The van der Waals surface area contributed by atoms with Crippen LogP contribution in [0.5, 0.6) is 0 Å². The predicted molar refractivity (Wildman–Crippen MR) is 130 cm³/mol. The number of likely N-dealkylation sites (N-methyl/N-ethyl adjacent to an activating group) is 1. The normalized spacial score (nSPS) is 14.5. The first-order chi connectivity index (χ1) is 16.0. The van der Waals surface area contributed by atoms with Crippen molar-refractivity contribution in [2.75, 3.05) is 39.2 Å². The summed E-state index contributed by atoms with van der Waals surface area (Å²) in [6.45, 7) is 3.32. The fourth-order valence-electron chi connectivity index (χ4n) is 3.36. The average Bonchev–Trinajstić information content (AvgIpc) is 2.81. The molecule has 34 heavy (non-hydrogen) atoms. The second-order valence-corrected chi connectivity index (χ2v) is 10.6. The van der Waals surface area contributed by atoms with Crippen LogP contribution in [0.4, 0.5) is 14.9 Å². The van der Waals surface area contributed by atoms with Crippen molar-refractivity contribution in [3.05, 3.63) is 59.4 Å². The van der Waals surface area contributed by atoms with Crippen LogP contribution in [0.1, 0.15) is 13.8 Å². The van der Waals surface area contributed by atoms with Gasteiger partial charge in [0.25, 0.3) is 0 Å². The number of aliphatic hydroxyl groups is 1. The summed E-state index contributed by atoms with van der Waals surface area (Å²) in [6, 6.07) is 10.5. The Morgan fingerprint density at radius 3 is 2.32 bits per heavy atom. The van der Waals surface area contributed by atoms with Crippen molar-refractivity contribution in [3.63, 3.8) is 0 Å². The van der Waals surface area contributed by atoms with Gasteiger partial charge in [-0.15, -0.1) is 0 Å². The molecule has 0 unspecified atom stereocenters. The van der Waals surface area contributed by atoms with E-state index in [1.807, 2.05) is 6.92 Å². The van der Waals surface area contributed by atoms with E-state index in [2.05, 4.69) is 5.32 Å². The van der Waals surface area contributed by atoms with Crippen molar-refractivity contribution < 1.29 is 27.4 Å². The standard InChI is InChI=1S/C23H31ClFN3O5S/c1-16(13-28(17(2)15-29)23(30)26-21-8-6-5-7-20(21)25)22(33-4)14-27(3)34(31,32)19-11-9-18(24)10-12-19/h5-12,16-17,22,29H,13-15H2,1-4H3,(H,26,30)/t16-,17-,22-/m0/s1. The lowest BCUT2D eigenvalue weighted by atomic mass is 10.0.